The third-order valence-corrected chi connectivity index (χ3v) is 10.4. The molecule has 3 rings (SSSR count). The predicted molar refractivity (Wildman–Crippen MR) is 226 cm³/mol. The summed E-state index contributed by atoms with van der Waals surface area (Å²) in [6, 6.07) is 9.42. The molecule has 3 amide bonds. The average Bonchev–Trinajstić information content (AvgIpc) is 3.28. The van der Waals surface area contributed by atoms with Gasteiger partial charge in [-0.2, -0.15) is 0 Å². The molecule has 356 valence electrons. The molecule has 0 aliphatic heterocycles. The fourth-order valence-corrected chi connectivity index (χ4v) is 6.54. The van der Waals surface area contributed by atoms with Crippen molar-refractivity contribution in [1.82, 2.24) is 34.6 Å². The average molecular weight is 906 g/mol. The van der Waals surface area contributed by atoms with Crippen molar-refractivity contribution in [3.05, 3.63) is 88.8 Å². The zero-order valence-electron chi connectivity index (χ0n) is 36.1. The Morgan fingerprint density at radius 3 is 0.891 bits per heavy atom. The summed E-state index contributed by atoms with van der Waals surface area (Å²) in [6.07, 6.45) is -9.88. The molecular weight excluding hydrogens is 842 g/mol. The standard InChI is InChI=1S/C42H63N7O15/c1-46(22-34(56)37(59)31(53)10-13-50)40(62)25-4-7-28(43-16-25)19-49(20-29-8-5-26(17-44-29)41(63)47(2)23-35(57)38(60)32(54)11-14-51)21-30-9-6-27(18-45-30)42(64)48(3)24-36(58)39(61)33(55)12-15-52/h4-9,16-18,31-39,50-61H,10-15,19-24H2,1-3H3. The van der Waals surface area contributed by atoms with E-state index in [0.717, 1.165) is 14.7 Å². The van der Waals surface area contributed by atoms with E-state index in [1.165, 1.54) is 57.9 Å². The maximum absolute atomic E-state index is 13.1. The second-order valence-electron chi connectivity index (χ2n) is 15.7. The van der Waals surface area contributed by atoms with Gasteiger partial charge >= 0.3 is 0 Å². The van der Waals surface area contributed by atoms with Gasteiger partial charge in [0.2, 0.25) is 0 Å². The maximum Gasteiger partial charge on any atom is 0.255 e. The lowest BCUT2D eigenvalue weighted by Gasteiger charge is -2.27. The number of pyridine rings is 3. The first kappa shape index (κ1) is 53.7. The minimum absolute atomic E-state index is 0.159. The summed E-state index contributed by atoms with van der Waals surface area (Å²) in [5.74, 6) is -1.58. The van der Waals surface area contributed by atoms with Crippen LogP contribution in [0.3, 0.4) is 0 Å². The van der Waals surface area contributed by atoms with E-state index in [2.05, 4.69) is 15.0 Å². The topological polar surface area (TPSA) is 346 Å². The van der Waals surface area contributed by atoms with Gasteiger partial charge < -0.3 is 76.0 Å². The van der Waals surface area contributed by atoms with Gasteiger partial charge in [-0.3, -0.25) is 34.2 Å². The molecule has 0 saturated heterocycles. The van der Waals surface area contributed by atoms with E-state index in [-0.39, 0.29) is 75.2 Å². The fourth-order valence-electron chi connectivity index (χ4n) is 6.54. The molecule has 0 radical (unpaired) electrons. The van der Waals surface area contributed by atoms with Gasteiger partial charge in [0, 0.05) is 98.8 Å². The summed E-state index contributed by atoms with van der Waals surface area (Å²) in [5, 5.41) is 118. The number of aliphatic hydroxyl groups excluding tert-OH is 12. The summed E-state index contributed by atoms with van der Waals surface area (Å²) < 4.78 is 0. The zero-order chi connectivity index (χ0) is 47.7. The van der Waals surface area contributed by atoms with E-state index in [0.29, 0.717) is 17.1 Å². The Labute approximate surface area is 370 Å². The van der Waals surface area contributed by atoms with Gasteiger partial charge in [-0.05, 0) is 55.7 Å². The molecule has 9 unspecified atom stereocenters. The van der Waals surface area contributed by atoms with Gasteiger partial charge in [0.1, 0.15) is 18.3 Å². The number of rotatable bonds is 27. The highest BCUT2D eigenvalue weighted by atomic mass is 16.4. The van der Waals surface area contributed by atoms with E-state index in [4.69, 9.17) is 15.3 Å². The fraction of sp³-hybridized carbons (Fsp3) is 0.571. The zero-order valence-corrected chi connectivity index (χ0v) is 36.1. The number of likely N-dealkylation sites (N-methyl/N-ethyl adjacent to an activating group) is 3. The number of amides is 3. The molecule has 0 fully saturated rings. The molecule has 0 saturated carbocycles. The number of carbonyl (C=O) groups is 3. The predicted octanol–water partition coefficient (Wildman–Crippen LogP) is -4.31. The molecule has 22 heteroatoms. The van der Waals surface area contributed by atoms with Crippen LogP contribution < -0.4 is 0 Å². The Balaban J connectivity index is 1.79. The first-order valence-corrected chi connectivity index (χ1v) is 20.6. The van der Waals surface area contributed by atoms with Crippen molar-refractivity contribution in [2.75, 3.05) is 60.6 Å². The van der Waals surface area contributed by atoms with Crippen molar-refractivity contribution >= 4 is 17.7 Å². The lowest BCUT2D eigenvalue weighted by Crippen LogP contribution is -2.45. The molecule has 9 atom stereocenters. The van der Waals surface area contributed by atoms with Crippen LogP contribution in [-0.4, -0.2) is 229 Å². The van der Waals surface area contributed by atoms with Crippen LogP contribution >= 0.6 is 0 Å². The number of hydrogen-bond acceptors (Lipinski definition) is 19. The van der Waals surface area contributed by atoms with Gasteiger partial charge in [0.05, 0.1) is 70.4 Å². The second kappa shape index (κ2) is 26.3. The van der Waals surface area contributed by atoms with Crippen molar-refractivity contribution in [3.63, 3.8) is 0 Å². The van der Waals surface area contributed by atoms with Gasteiger partial charge in [0.25, 0.3) is 17.7 Å². The Kier molecular flexibility index (Phi) is 22.1. The highest BCUT2D eigenvalue weighted by Crippen LogP contribution is 2.17. The molecule has 12 N–H and O–H groups in total. The summed E-state index contributed by atoms with van der Waals surface area (Å²) in [4.78, 5) is 58.2. The van der Waals surface area contributed by atoms with Crippen molar-refractivity contribution in [3.8, 4) is 0 Å². The SMILES string of the molecule is CN(CC(O)C(O)C(O)CCO)C(=O)c1ccc(CN(Cc2ccc(C(=O)N(C)CC(O)C(O)C(O)CCO)cn2)Cc2ccc(C(=O)N(C)CC(O)C(O)C(O)CCO)cn2)nc1. The third kappa shape index (κ3) is 16.1. The van der Waals surface area contributed by atoms with Crippen LogP contribution in [0.2, 0.25) is 0 Å². The van der Waals surface area contributed by atoms with E-state index in [1.807, 2.05) is 4.90 Å². The van der Waals surface area contributed by atoms with Crippen molar-refractivity contribution in [2.24, 2.45) is 0 Å². The summed E-state index contributed by atoms with van der Waals surface area (Å²) in [6.45, 7) is -1.62. The van der Waals surface area contributed by atoms with E-state index in [1.54, 1.807) is 18.2 Å². The molecule has 3 aromatic rings. The molecule has 0 bridgehead atoms. The van der Waals surface area contributed by atoms with Crippen LogP contribution in [0.1, 0.15) is 67.4 Å². The van der Waals surface area contributed by atoms with E-state index in [9.17, 15) is 60.3 Å². The number of carbonyl (C=O) groups excluding carboxylic acids is 3. The minimum atomic E-state index is -1.59. The van der Waals surface area contributed by atoms with Crippen molar-refractivity contribution in [1.29, 1.82) is 0 Å². The van der Waals surface area contributed by atoms with Crippen molar-refractivity contribution in [2.45, 2.75) is 93.8 Å². The Morgan fingerprint density at radius 1 is 0.438 bits per heavy atom. The Morgan fingerprint density at radius 2 is 0.688 bits per heavy atom. The number of nitrogens with zero attached hydrogens (tertiary/aromatic N) is 7. The first-order valence-electron chi connectivity index (χ1n) is 20.6. The van der Waals surface area contributed by atoms with Crippen LogP contribution in [0.25, 0.3) is 0 Å². The molecule has 64 heavy (non-hydrogen) atoms. The molecule has 3 aromatic heterocycles. The summed E-state index contributed by atoms with van der Waals surface area (Å²) in [7, 11) is 4.21. The van der Waals surface area contributed by atoms with E-state index < -0.39 is 92.5 Å². The highest BCUT2D eigenvalue weighted by Gasteiger charge is 2.30. The minimum Gasteiger partial charge on any atom is -0.396 e. The molecule has 22 nitrogen and oxygen atoms in total. The number of aromatic nitrogens is 3. The maximum atomic E-state index is 13.1. The lowest BCUT2D eigenvalue weighted by molar-refractivity contribution is -0.0709. The Hall–Kier alpha value is -4.66. The highest BCUT2D eigenvalue weighted by molar-refractivity contribution is 5.94. The molecular formula is C42H63N7O15. The molecule has 0 aliphatic rings. The Bertz CT molecular complexity index is 1650. The van der Waals surface area contributed by atoms with Crippen molar-refractivity contribution < 1.29 is 75.7 Å². The third-order valence-electron chi connectivity index (χ3n) is 10.4. The van der Waals surface area contributed by atoms with Gasteiger partial charge in [-0.15, -0.1) is 0 Å². The van der Waals surface area contributed by atoms with Crippen LogP contribution in [0.5, 0.6) is 0 Å². The quantitative estimate of drug-likeness (QED) is 0.0344. The van der Waals surface area contributed by atoms with Gasteiger partial charge in [-0.1, -0.05) is 0 Å². The first-order chi connectivity index (χ1) is 30.3. The molecule has 0 aromatic carbocycles. The molecule has 3 heterocycles. The van der Waals surface area contributed by atoms with Gasteiger partial charge in [0.15, 0.2) is 0 Å². The number of aliphatic hydroxyl groups is 12. The monoisotopic (exact) mass is 905 g/mol. The van der Waals surface area contributed by atoms with Crippen LogP contribution in [-0.2, 0) is 19.6 Å². The second-order valence-corrected chi connectivity index (χ2v) is 15.7. The van der Waals surface area contributed by atoms with Crippen LogP contribution in [0.15, 0.2) is 55.0 Å². The summed E-state index contributed by atoms with van der Waals surface area (Å²) in [5.41, 5.74) is 2.04. The molecule has 0 spiro atoms. The molecule has 0 aliphatic carbocycles. The van der Waals surface area contributed by atoms with Gasteiger partial charge in [-0.25, -0.2) is 0 Å². The van der Waals surface area contributed by atoms with E-state index >= 15 is 0 Å². The lowest BCUT2D eigenvalue weighted by atomic mass is 10.0. The van der Waals surface area contributed by atoms with Crippen LogP contribution in [0, 0.1) is 0 Å². The van der Waals surface area contributed by atoms with Crippen LogP contribution in [0.4, 0.5) is 0 Å². The smallest absolute Gasteiger partial charge is 0.255 e. The number of hydrogen-bond donors (Lipinski definition) is 12. The summed E-state index contributed by atoms with van der Waals surface area (Å²) >= 11 is 0. The largest absolute Gasteiger partial charge is 0.396 e. The normalized spacial score (nSPS) is 15.9.